The molecule has 1 saturated heterocycles. The van der Waals surface area contributed by atoms with Gasteiger partial charge in [-0.05, 0) is 49.6 Å². The Balaban J connectivity index is 1.61. The Kier molecular flexibility index (Phi) is 7.61. The predicted octanol–water partition coefficient (Wildman–Crippen LogP) is 4.69. The van der Waals surface area contributed by atoms with Crippen molar-refractivity contribution in [2.75, 3.05) is 25.0 Å². The summed E-state index contributed by atoms with van der Waals surface area (Å²) >= 11 is 6.33. The maximum Gasteiger partial charge on any atom is 0.367 e. The summed E-state index contributed by atoms with van der Waals surface area (Å²) in [6.45, 7) is 4.61. The maximum atomic E-state index is 13.8. The summed E-state index contributed by atoms with van der Waals surface area (Å²) in [4.78, 5) is 18.1. The molecule has 0 amide bonds. The number of rotatable bonds is 7. The Bertz CT molecular complexity index is 860. The average Bonchev–Trinajstić information content (AvgIpc) is 2.71. The molecule has 3 rings (SSSR count). The standard InChI is InChI=1S/C22H25ClFN3O2/c1-2-29-22(28)20(24)12-17-11-19(23)21(25-13-17)26-18-9-6-10-27(15-18)14-16-7-4-3-5-8-16/h3-5,7-8,11-13,18H,2,6,9-10,14-15H2,1H3,(H,25,26)/b20-12-/t18-/m1/s1. The fourth-order valence-corrected chi connectivity index (χ4v) is 3.62. The lowest BCUT2D eigenvalue weighted by molar-refractivity contribution is -0.140. The van der Waals surface area contributed by atoms with Gasteiger partial charge in [-0.3, -0.25) is 4.90 Å². The smallest absolute Gasteiger partial charge is 0.367 e. The number of benzene rings is 1. The molecule has 7 heteroatoms. The molecule has 0 bridgehead atoms. The van der Waals surface area contributed by atoms with Crippen molar-refractivity contribution in [3.8, 4) is 0 Å². The number of pyridine rings is 1. The minimum atomic E-state index is -0.994. The Morgan fingerprint density at radius 1 is 1.41 bits per heavy atom. The molecule has 0 unspecified atom stereocenters. The molecule has 0 spiro atoms. The third-order valence-electron chi connectivity index (χ3n) is 4.72. The molecule has 0 aliphatic carbocycles. The second-order valence-electron chi connectivity index (χ2n) is 7.02. The van der Waals surface area contributed by atoms with Crippen LogP contribution < -0.4 is 5.32 Å². The molecule has 0 radical (unpaired) electrons. The third kappa shape index (κ3) is 6.27. The number of esters is 1. The van der Waals surface area contributed by atoms with Crippen molar-refractivity contribution in [1.29, 1.82) is 0 Å². The molecule has 1 aliphatic rings. The molecule has 2 aromatic rings. The zero-order chi connectivity index (χ0) is 20.6. The molecule has 5 nitrogen and oxygen atoms in total. The molecular weight excluding hydrogens is 393 g/mol. The van der Waals surface area contributed by atoms with Gasteiger partial charge in [-0.15, -0.1) is 0 Å². The van der Waals surface area contributed by atoms with Gasteiger partial charge >= 0.3 is 5.97 Å². The molecule has 1 aromatic heterocycles. The van der Waals surface area contributed by atoms with Crippen LogP contribution >= 0.6 is 11.6 Å². The van der Waals surface area contributed by atoms with Crippen LogP contribution in [0.15, 0.2) is 48.4 Å². The third-order valence-corrected chi connectivity index (χ3v) is 5.01. The van der Waals surface area contributed by atoms with Crippen LogP contribution in [0.25, 0.3) is 6.08 Å². The van der Waals surface area contributed by atoms with Crippen LogP contribution in [0.3, 0.4) is 0 Å². The fraction of sp³-hybridized carbons (Fsp3) is 0.364. The van der Waals surface area contributed by atoms with Crippen LogP contribution in [-0.4, -0.2) is 41.6 Å². The number of hydrogen-bond donors (Lipinski definition) is 1. The molecule has 1 aromatic carbocycles. The van der Waals surface area contributed by atoms with Crippen molar-refractivity contribution < 1.29 is 13.9 Å². The quantitative estimate of drug-likeness (QED) is 0.523. The van der Waals surface area contributed by atoms with Gasteiger partial charge in [0.15, 0.2) is 0 Å². The Morgan fingerprint density at radius 3 is 2.93 bits per heavy atom. The van der Waals surface area contributed by atoms with E-state index < -0.39 is 11.8 Å². The van der Waals surface area contributed by atoms with Gasteiger partial charge in [-0.1, -0.05) is 41.9 Å². The van der Waals surface area contributed by atoms with Crippen molar-refractivity contribution in [3.63, 3.8) is 0 Å². The number of anilines is 1. The number of piperidine rings is 1. The number of likely N-dealkylation sites (tertiary alicyclic amines) is 1. The lowest BCUT2D eigenvalue weighted by Crippen LogP contribution is -2.41. The number of ether oxygens (including phenoxy) is 1. The monoisotopic (exact) mass is 417 g/mol. The normalized spacial score (nSPS) is 17.8. The van der Waals surface area contributed by atoms with E-state index in [9.17, 15) is 9.18 Å². The van der Waals surface area contributed by atoms with Crippen LogP contribution in [0.2, 0.25) is 5.02 Å². The number of carbonyl (C=O) groups excluding carboxylic acids is 1. The van der Waals surface area contributed by atoms with E-state index >= 15 is 0 Å². The second kappa shape index (κ2) is 10.4. The fourth-order valence-electron chi connectivity index (χ4n) is 3.40. The van der Waals surface area contributed by atoms with E-state index in [-0.39, 0.29) is 12.6 Å². The summed E-state index contributed by atoms with van der Waals surface area (Å²) in [5.74, 6) is -1.41. The molecular formula is C22H25ClFN3O2. The summed E-state index contributed by atoms with van der Waals surface area (Å²) in [5, 5.41) is 3.78. The van der Waals surface area contributed by atoms with Crippen LogP contribution in [0.1, 0.15) is 30.9 Å². The first-order valence-electron chi connectivity index (χ1n) is 9.78. The van der Waals surface area contributed by atoms with Gasteiger partial charge in [0.2, 0.25) is 5.83 Å². The van der Waals surface area contributed by atoms with Crippen LogP contribution in [0, 0.1) is 0 Å². The number of aromatic nitrogens is 1. The van der Waals surface area contributed by atoms with Crippen molar-refractivity contribution in [3.05, 3.63) is 64.6 Å². The summed E-state index contributed by atoms with van der Waals surface area (Å²) < 4.78 is 18.4. The number of hydrogen-bond acceptors (Lipinski definition) is 5. The van der Waals surface area contributed by atoms with Crippen molar-refractivity contribution >= 4 is 29.5 Å². The number of halogens is 2. The highest BCUT2D eigenvalue weighted by atomic mass is 35.5. The second-order valence-corrected chi connectivity index (χ2v) is 7.42. The highest BCUT2D eigenvalue weighted by Gasteiger charge is 2.21. The average molecular weight is 418 g/mol. The Hall–Kier alpha value is -2.44. The zero-order valence-corrected chi connectivity index (χ0v) is 17.2. The van der Waals surface area contributed by atoms with E-state index in [1.54, 1.807) is 13.0 Å². The zero-order valence-electron chi connectivity index (χ0n) is 16.4. The van der Waals surface area contributed by atoms with E-state index in [1.165, 1.54) is 11.8 Å². The Morgan fingerprint density at radius 2 is 2.21 bits per heavy atom. The van der Waals surface area contributed by atoms with E-state index in [2.05, 4.69) is 44.2 Å². The lowest BCUT2D eigenvalue weighted by Gasteiger charge is -2.33. The van der Waals surface area contributed by atoms with Gasteiger partial charge in [-0.2, -0.15) is 4.39 Å². The largest absolute Gasteiger partial charge is 0.461 e. The topological polar surface area (TPSA) is 54.5 Å². The molecule has 1 fully saturated rings. The molecule has 1 aliphatic heterocycles. The highest BCUT2D eigenvalue weighted by molar-refractivity contribution is 6.33. The van der Waals surface area contributed by atoms with Gasteiger partial charge in [0.25, 0.3) is 0 Å². The molecule has 0 saturated carbocycles. The number of nitrogens with one attached hydrogen (secondary N) is 1. The predicted molar refractivity (Wildman–Crippen MR) is 113 cm³/mol. The molecule has 1 atom stereocenters. The van der Waals surface area contributed by atoms with Gasteiger partial charge in [0, 0.05) is 25.3 Å². The van der Waals surface area contributed by atoms with Crippen molar-refractivity contribution in [2.45, 2.75) is 32.4 Å². The van der Waals surface area contributed by atoms with Crippen LogP contribution in [-0.2, 0) is 16.1 Å². The summed E-state index contributed by atoms with van der Waals surface area (Å²) in [6.07, 6.45) is 4.68. The molecule has 1 N–H and O–H groups in total. The van der Waals surface area contributed by atoms with Gasteiger partial charge in [-0.25, -0.2) is 9.78 Å². The van der Waals surface area contributed by atoms with Crippen molar-refractivity contribution in [2.24, 2.45) is 0 Å². The Labute approximate surface area is 175 Å². The minimum absolute atomic E-state index is 0.116. The first-order chi connectivity index (χ1) is 14.0. The number of nitrogens with zero attached hydrogens (tertiary/aromatic N) is 2. The van der Waals surface area contributed by atoms with E-state index in [4.69, 9.17) is 11.6 Å². The van der Waals surface area contributed by atoms with Gasteiger partial charge in [0.1, 0.15) is 5.82 Å². The van der Waals surface area contributed by atoms with Crippen molar-refractivity contribution in [1.82, 2.24) is 9.88 Å². The maximum absolute atomic E-state index is 13.8. The van der Waals surface area contributed by atoms with E-state index in [0.29, 0.717) is 16.4 Å². The number of carbonyl (C=O) groups is 1. The molecule has 2 heterocycles. The molecule has 154 valence electrons. The molecule has 29 heavy (non-hydrogen) atoms. The first kappa shape index (κ1) is 21.3. The van der Waals surface area contributed by atoms with Gasteiger partial charge in [0.05, 0.1) is 11.6 Å². The first-order valence-corrected chi connectivity index (χ1v) is 10.2. The SMILES string of the molecule is CCOC(=O)/C(F)=C/c1cnc(N[C@@H]2CCCN(Cc3ccccc3)C2)c(Cl)c1. The minimum Gasteiger partial charge on any atom is -0.461 e. The van der Waals surface area contributed by atoms with Crippen LogP contribution in [0.5, 0.6) is 0 Å². The summed E-state index contributed by atoms with van der Waals surface area (Å²) in [7, 11) is 0. The summed E-state index contributed by atoms with van der Waals surface area (Å²) in [5.41, 5.74) is 1.70. The highest BCUT2D eigenvalue weighted by Crippen LogP contribution is 2.24. The van der Waals surface area contributed by atoms with E-state index in [0.717, 1.165) is 38.6 Å². The lowest BCUT2D eigenvalue weighted by atomic mass is 10.0. The van der Waals surface area contributed by atoms with Crippen LogP contribution in [0.4, 0.5) is 10.2 Å². The van der Waals surface area contributed by atoms with Gasteiger partial charge < -0.3 is 10.1 Å². The van der Waals surface area contributed by atoms with E-state index in [1.807, 2.05) is 6.07 Å². The summed E-state index contributed by atoms with van der Waals surface area (Å²) in [6, 6.07) is 12.2.